The van der Waals surface area contributed by atoms with Crippen LogP contribution in [0, 0.1) is 18.6 Å². The van der Waals surface area contributed by atoms with E-state index in [0.717, 1.165) is 18.2 Å². The summed E-state index contributed by atoms with van der Waals surface area (Å²) in [5, 5.41) is 7.33. The van der Waals surface area contributed by atoms with E-state index in [1.807, 2.05) is 18.4 Å². The summed E-state index contributed by atoms with van der Waals surface area (Å²) in [4.78, 5) is 0. The van der Waals surface area contributed by atoms with Gasteiger partial charge in [-0.1, -0.05) is 6.92 Å². The lowest BCUT2D eigenvalue weighted by Gasteiger charge is -2.19. The van der Waals surface area contributed by atoms with E-state index >= 15 is 0 Å². The Morgan fingerprint density at radius 1 is 1.26 bits per heavy atom. The number of hydrogen-bond acceptors (Lipinski definition) is 2. The van der Waals surface area contributed by atoms with E-state index in [1.54, 1.807) is 24.3 Å². The Hall–Kier alpha value is -1.26. The van der Waals surface area contributed by atoms with Gasteiger partial charge < -0.3 is 5.32 Å². The van der Waals surface area contributed by atoms with Gasteiger partial charge in [-0.2, -0.15) is 11.3 Å². The van der Waals surface area contributed by atoms with Crippen LogP contribution >= 0.6 is 11.3 Å². The molecule has 1 atom stereocenters. The maximum absolute atomic E-state index is 14.0. The van der Waals surface area contributed by atoms with Crippen molar-refractivity contribution in [2.24, 2.45) is 0 Å². The summed E-state index contributed by atoms with van der Waals surface area (Å²) < 4.78 is 27.3. The molecule has 2 aromatic rings. The van der Waals surface area contributed by atoms with Crippen LogP contribution in [0.2, 0.25) is 0 Å². The highest BCUT2D eigenvalue weighted by Gasteiger charge is 2.17. The Kier molecular flexibility index (Phi) is 4.66. The molecule has 1 heterocycles. The van der Waals surface area contributed by atoms with Crippen LogP contribution in [0.5, 0.6) is 0 Å². The Labute approximate surface area is 116 Å². The number of benzene rings is 1. The van der Waals surface area contributed by atoms with Crippen LogP contribution in [0.25, 0.3) is 0 Å². The minimum absolute atomic E-state index is 0.126. The molecule has 0 saturated carbocycles. The van der Waals surface area contributed by atoms with Gasteiger partial charge in [0.15, 0.2) is 0 Å². The molecule has 1 nitrogen and oxygen atoms in total. The largest absolute Gasteiger partial charge is 0.310 e. The molecule has 4 heteroatoms. The van der Waals surface area contributed by atoms with Crippen molar-refractivity contribution in [1.29, 1.82) is 0 Å². The van der Waals surface area contributed by atoms with Gasteiger partial charge in [0.1, 0.15) is 11.6 Å². The first kappa shape index (κ1) is 14.2. The standard InChI is InChI=1S/C15H17F2NS/c1-3-18-15(7-11-4-5-19-9-11)12-6-10(2)13(16)8-14(12)17/h4-6,8-9,15,18H,3,7H2,1-2H3. The fraction of sp³-hybridized carbons (Fsp3) is 0.333. The molecule has 0 spiro atoms. The van der Waals surface area contributed by atoms with E-state index in [0.29, 0.717) is 17.5 Å². The summed E-state index contributed by atoms with van der Waals surface area (Å²) in [7, 11) is 0. The summed E-state index contributed by atoms with van der Waals surface area (Å²) in [6.07, 6.45) is 0.708. The molecule has 102 valence electrons. The summed E-state index contributed by atoms with van der Waals surface area (Å²) >= 11 is 1.62. The smallest absolute Gasteiger partial charge is 0.130 e. The Bertz CT molecular complexity index is 537. The number of likely N-dealkylation sites (N-methyl/N-ethyl adjacent to an activating group) is 1. The summed E-state index contributed by atoms with van der Waals surface area (Å²) in [6, 6.07) is 4.48. The first-order chi connectivity index (χ1) is 9.11. The zero-order valence-corrected chi connectivity index (χ0v) is 11.9. The number of rotatable bonds is 5. The second-order valence-electron chi connectivity index (χ2n) is 4.57. The Morgan fingerprint density at radius 2 is 2.05 bits per heavy atom. The van der Waals surface area contributed by atoms with Crippen molar-refractivity contribution in [3.63, 3.8) is 0 Å². The number of thiophene rings is 1. The average Bonchev–Trinajstić information content (AvgIpc) is 2.86. The fourth-order valence-electron chi connectivity index (χ4n) is 2.13. The molecule has 0 aliphatic rings. The van der Waals surface area contributed by atoms with Gasteiger partial charge >= 0.3 is 0 Å². The van der Waals surface area contributed by atoms with Gasteiger partial charge in [-0.3, -0.25) is 0 Å². The van der Waals surface area contributed by atoms with Crippen LogP contribution in [-0.2, 0) is 6.42 Å². The van der Waals surface area contributed by atoms with Gasteiger partial charge in [0.2, 0.25) is 0 Å². The van der Waals surface area contributed by atoms with Crippen molar-refractivity contribution >= 4 is 11.3 Å². The van der Waals surface area contributed by atoms with E-state index in [9.17, 15) is 8.78 Å². The van der Waals surface area contributed by atoms with Gasteiger partial charge in [0.25, 0.3) is 0 Å². The van der Waals surface area contributed by atoms with Crippen LogP contribution in [0.15, 0.2) is 29.0 Å². The molecule has 1 unspecified atom stereocenters. The van der Waals surface area contributed by atoms with E-state index < -0.39 is 11.6 Å². The maximum Gasteiger partial charge on any atom is 0.130 e. The highest BCUT2D eigenvalue weighted by molar-refractivity contribution is 7.07. The van der Waals surface area contributed by atoms with Gasteiger partial charge in [-0.25, -0.2) is 8.78 Å². The van der Waals surface area contributed by atoms with Gasteiger partial charge in [0, 0.05) is 17.7 Å². The number of halogens is 2. The highest BCUT2D eigenvalue weighted by Crippen LogP contribution is 2.24. The third-order valence-electron chi connectivity index (χ3n) is 3.12. The average molecular weight is 281 g/mol. The first-order valence-corrected chi connectivity index (χ1v) is 7.26. The molecule has 0 radical (unpaired) electrons. The molecule has 2 rings (SSSR count). The molecule has 0 aliphatic heterocycles. The van der Waals surface area contributed by atoms with Gasteiger partial charge in [0.05, 0.1) is 0 Å². The van der Waals surface area contributed by atoms with E-state index in [2.05, 4.69) is 10.7 Å². The molecule has 1 N–H and O–H groups in total. The van der Waals surface area contributed by atoms with Crippen molar-refractivity contribution in [3.8, 4) is 0 Å². The van der Waals surface area contributed by atoms with Crippen LogP contribution in [0.4, 0.5) is 8.78 Å². The van der Waals surface area contributed by atoms with E-state index in [1.165, 1.54) is 0 Å². The lowest BCUT2D eigenvalue weighted by molar-refractivity contribution is 0.500. The fourth-order valence-corrected chi connectivity index (χ4v) is 2.81. The molecule has 0 amide bonds. The zero-order valence-electron chi connectivity index (χ0n) is 11.0. The maximum atomic E-state index is 14.0. The van der Waals surface area contributed by atoms with E-state index in [4.69, 9.17) is 0 Å². The Balaban J connectivity index is 2.30. The number of hydrogen-bond donors (Lipinski definition) is 1. The van der Waals surface area contributed by atoms with Crippen LogP contribution in [-0.4, -0.2) is 6.54 Å². The normalized spacial score (nSPS) is 12.6. The number of nitrogens with one attached hydrogen (secondary N) is 1. The summed E-state index contributed by atoms with van der Waals surface area (Å²) in [5.41, 5.74) is 2.17. The van der Waals surface area contributed by atoms with Crippen molar-refractivity contribution in [2.45, 2.75) is 26.3 Å². The molecule has 1 aromatic heterocycles. The van der Waals surface area contributed by atoms with Crippen LogP contribution in [0.1, 0.15) is 29.7 Å². The minimum Gasteiger partial charge on any atom is -0.310 e. The van der Waals surface area contributed by atoms with Crippen LogP contribution < -0.4 is 5.32 Å². The second kappa shape index (κ2) is 6.26. The summed E-state index contributed by atoms with van der Waals surface area (Å²) in [5.74, 6) is -0.976. The van der Waals surface area contributed by atoms with Crippen LogP contribution in [0.3, 0.4) is 0 Å². The lowest BCUT2D eigenvalue weighted by Crippen LogP contribution is -2.24. The third kappa shape index (κ3) is 3.39. The van der Waals surface area contributed by atoms with Gasteiger partial charge in [-0.05, 0) is 53.9 Å². The second-order valence-corrected chi connectivity index (χ2v) is 5.35. The van der Waals surface area contributed by atoms with Crippen molar-refractivity contribution < 1.29 is 8.78 Å². The summed E-state index contributed by atoms with van der Waals surface area (Å²) in [6.45, 7) is 4.38. The molecule has 0 aliphatic carbocycles. The molecular weight excluding hydrogens is 264 g/mol. The predicted octanol–water partition coefficient (Wildman–Crippen LogP) is 4.23. The quantitative estimate of drug-likeness (QED) is 0.865. The number of aryl methyl sites for hydroxylation is 1. The predicted molar refractivity (Wildman–Crippen MR) is 75.5 cm³/mol. The molecule has 19 heavy (non-hydrogen) atoms. The SMILES string of the molecule is CCNC(Cc1ccsc1)c1cc(C)c(F)cc1F. The first-order valence-electron chi connectivity index (χ1n) is 6.31. The highest BCUT2D eigenvalue weighted by atomic mass is 32.1. The van der Waals surface area contributed by atoms with Gasteiger partial charge in [-0.15, -0.1) is 0 Å². The topological polar surface area (TPSA) is 12.0 Å². The Morgan fingerprint density at radius 3 is 2.68 bits per heavy atom. The minimum atomic E-state index is -0.493. The van der Waals surface area contributed by atoms with Crippen molar-refractivity contribution in [1.82, 2.24) is 5.32 Å². The molecule has 0 bridgehead atoms. The third-order valence-corrected chi connectivity index (χ3v) is 3.86. The molecular formula is C15H17F2NS. The van der Waals surface area contributed by atoms with Crippen molar-refractivity contribution in [2.75, 3.05) is 6.54 Å². The van der Waals surface area contributed by atoms with Crippen molar-refractivity contribution in [3.05, 3.63) is 57.3 Å². The monoisotopic (exact) mass is 281 g/mol. The lowest BCUT2D eigenvalue weighted by atomic mass is 9.98. The van der Waals surface area contributed by atoms with E-state index in [-0.39, 0.29) is 6.04 Å². The molecule has 0 fully saturated rings. The zero-order chi connectivity index (χ0) is 13.8. The molecule has 1 aromatic carbocycles. The molecule has 0 saturated heterocycles.